The SMILES string of the molecule is CC(=O)N(Cc1ccc(-c2ccccn2)cc1)c1c(C#N)c(-c2c(C)cnn2C(C)C)nc2ccccc12. The number of hydrogen-bond donors (Lipinski definition) is 0. The molecule has 0 aliphatic rings. The topological polar surface area (TPSA) is 87.7 Å². The summed E-state index contributed by atoms with van der Waals surface area (Å²) in [6.45, 7) is 7.88. The van der Waals surface area contributed by atoms with E-state index in [2.05, 4.69) is 16.2 Å². The highest BCUT2D eigenvalue weighted by Gasteiger charge is 2.26. The van der Waals surface area contributed by atoms with Crippen molar-refractivity contribution in [2.24, 2.45) is 0 Å². The standard InChI is InChI=1S/C31H28N6O/c1-20(2)37-30(21(3)18-34-37)29-26(17-32)31(25-9-5-6-11-28(25)35-29)36(22(4)38)19-23-12-14-24(15-13-23)27-10-7-8-16-33-27/h5-16,18,20H,19H2,1-4H3. The first-order chi connectivity index (χ1) is 18.4. The lowest BCUT2D eigenvalue weighted by molar-refractivity contribution is -0.116. The normalized spacial score (nSPS) is 11.1. The van der Waals surface area contributed by atoms with Crippen molar-refractivity contribution in [3.05, 3.63) is 95.8 Å². The molecule has 7 nitrogen and oxygen atoms in total. The van der Waals surface area contributed by atoms with E-state index in [9.17, 15) is 10.1 Å². The molecule has 1 amide bonds. The number of anilines is 1. The lowest BCUT2D eigenvalue weighted by Gasteiger charge is -2.26. The third kappa shape index (κ3) is 4.53. The van der Waals surface area contributed by atoms with Gasteiger partial charge < -0.3 is 4.90 Å². The van der Waals surface area contributed by atoms with Crippen LogP contribution < -0.4 is 4.90 Å². The number of benzene rings is 2. The lowest BCUT2D eigenvalue weighted by Crippen LogP contribution is -2.29. The van der Waals surface area contributed by atoms with E-state index in [4.69, 9.17) is 4.98 Å². The summed E-state index contributed by atoms with van der Waals surface area (Å²) in [6, 6.07) is 23.9. The predicted octanol–water partition coefficient (Wildman–Crippen LogP) is 6.47. The van der Waals surface area contributed by atoms with Gasteiger partial charge in [-0.05, 0) is 50.1 Å². The number of nitriles is 1. The van der Waals surface area contributed by atoms with Crippen molar-refractivity contribution in [1.29, 1.82) is 5.26 Å². The number of nitrogens with zero attached hydrogens (tertiary/aromatic N) is 6. The molecule has 0 atom stereocenters. The zero-order valence-corrected chi connectivity index (χ0v) is 21.9. The Morgan fingerprint density at radius 3 is 2.45 bits per heavy atom. The Labute approximate surface area is 222 Å². The molecule has 7 heteroatoms. The number of amides is 1. The molecule has 5 aromatic rings. The van der Waals surface area contributed by atoms with E-state index in [1.807, 2.05) is 92.2 Å². The molecule has 0 saturated carbocycles. The number of carbonyl (C=O) groups is 1. The van der Waals surface area contributed by atoms with Gasteiger partial charge in [0, 0.05) is 30.1 Å². The molecule has 0 spiro atoms. The summed E-state index contributed by atoms with van der Waals surface area (Å²) in [4.78, 5) is 24.2. The van der Waals surface area contributed by atoms with E-state index in [1.54, 1.807) is 17.3 Å². The number of hydrogen-bond acceptors (Lipinski definition) is 5. The van der Waals surface area contributed by atoms with Gasteiger partial charge in [0.15, 0.2) is 0 Å². The Hall–Kier alpha value is -4.83. The van der Waals surface area contributed by atoms with Crippen LogP contribution in [0.3, 0.4) is 0 Å². The molecular formula is C31H28N6O. The number of rotatable bonds is 6. The van der Waals surface area contributed by atoms with Crippen LogP contribution in [0.4, 0.5) is 5.69 Å². The van der Waals surface area contributed by atoms with Gasteiger partial charge in [0.05, 0.1) is 35.3 Å². The summed E-state index contributed by atoms with van der Waals surface area (Å²) in [5.74, 6) is -0.160. The van der Waals surface area contributed by atoms with Gasteiger partial charge in [-0.15, -0.1) is 0 Å². The Kier molecular flexibility index (Phi) is 6.71. The van der Waals surface area contributed by atoms with E-state index < -0.39 is 0 Å². The third-order valence-electron chi connectivity index (χ3n) is 6.57. The summed E-state index contributed by atoms with van der Waals surface area (Å²) < 4.78 is 1.88. The number of fused-ring (bicyclic) bond motifs is 1. The average molecular weight is 501 g/mol. The van der Waals surface area contributed by atoms with Crippen LogP contribution in [-0.2, 0) is 11.3 Å². The Morgan fingerprint density at radius 1 is 1.05 bits per heavy atom. The average Bonchev–Trinajstić information content (AvgIpc) is 3.33. The number of para-hydroxylation sites is 1. The second kappa shape index (κ2) is 10.3. The van der Waals surface area contributed by atoms with Crippen molar-refractivity contribution in [3.8, 4) is 28.7 Å². The van der Waals surface area contributed by atoms with Gasteiger partial charge in [0.1, 0.15) is 17.3 Å². The molecule has 0 aliphatic heterocycles. The number of carbonyl (C=O) groups excluding carboxylic acids is 1. The minimum Gasteiger partial charge on any atom is -0.306 e. The molecule has 3 aromatic heterocycles. The molecule has 3 heterocycles. The zero-order chi connectivity index (χ0) is 26.8. The first-order valence-electron chi connectivity index (χ1n) is 12.5. The van der Waals surface area contributed by atoms with Crippen molar-refractivity contribution in [2.45, 2.75) is 40.3 Å². The molecule has 0 aliphatic carbocycles. The van der Waals surface area contributed by atoms with Gasteiger partial charge in [-0.3, -0.25) is 14.5 Å². The lowest BCUT2D eigenvalue weighted by atomic mass is 10.0. The van der Waals surface area contributed by atoms with Crippen LogP contribution in [0, 0.1) is 18.3 Å². The zero-order valence-electron chi connectivity index (χ0n) is 21.9. The molecule has 5 rings (SSSR count). The molecule has 38 heavy (non-hydrogen) atoms. The molecule has 0 radical (unpaired) electrons. The van der Waals surface area contributed by atoms with Gasteiger partial charge >= 0.3 is 0 Å². The van der Waals surface area contributed by atoms with Gasteiger partial charge in [0.2, 0.25) is 5.91 Å². The van der Waals surface area contributed by atoms with Crippen LogP contribution in [0.5, 0.6) is 0 Å². The van der Waals surface area contributed by atoms with Crippen molar-refractivity contribution in [2.75, 3.05) is 4.90 Å². The van der Waals surface area contributed by atoms with E-state index in [-0.39, 0.29) is 11.9 Å². The quantitative estimate of drug-likeness (QED) is 0.266. The second-order valence-electron chi connectivity index (χ2n) is 9.54. The molecule has 0 unspecified atom stereocenters. The summed E-state index contributed by atoms with van der Waals surface area (Å²) in [6.07, 6.45) is 3.56. The third-order valence-corrected chi connectivity index (χ3v) is 6.57. The van der Waals surface area contributed by atoms with Gasteiger partial charge in [-0.1, -0.05) is 48.5 Å². The first kappa shape index (κ1) is 24.8. The molecule has 188 valence electrons. The van der Waals surface area contributed by atoms with Crippen molar-refractivity contribution in [3.63, 3.8) is 0 Å². The second-order valence-corrected chi connectivity index (χ2v) is 9.54. The maximum Gasteiger partial charge on any atom is 0.224 e. The molecule has 0 fully saturated rings. The number of pyridine rings is 2. The van der Waals surface area contributed by atoms with E-state index in [0.717, 1.165) is 33.5 Å². The van der Waals surface area contributed by atoms with Crippen LogP contribution in [-0.4, -0.2) is 25.7 Å². The van der Waals surface area contributed by atoms with Crippen LogP contribution in [0.25, 0.3) is 33.5 Å². The van der Waals surface area contributed by atoms with Crippen LogP contribution >= 0.6 is 0 Å². The van der Waals surface area contributed by atoms with E-state index >= 15 is 0 Å². The minimum absolute atomic E-state index is 0.0727. The fourth-order valence-corrected chi connectivity index (χ4v) is 4.73. The Balaban J connectivity index is 1.67. The number of aromatic nitrogens is 4. The first-order valence-corrected chi connectivity index (χ1v) is 12.5. The summed E-state index contributed by atoms with van der Waals surface area (Å²) >= 11 is 0. The van der Waals surface area contributed by atoms with Crippen LogP contribution in [0.1, 0.15) is 43.5 Å². The van der Waals surface area contributed by atoms with Crippen molar-refractivity contribution >= 4 is 22.5 Å². The predicted molar refractivity (Wildman–Crippen MR) is 149 cm³/mol. The fraction of sp³-hybridized carbons (Fsp3) is 0.194. The monoisotopic (exact) mass is 500 g/mol. The maximum atomic E-state index is 13.2. The highest BCUT2D eigenvalue weighted by Crippen LogP contribution is 2.38. The minimum atomic E-state index is -0.160. The highest BCUT2D eigenvalue weighted by atomic mass is 16.2. The van der Waals surface area contributed by atoms with Crippen molar-refractivity contribution in [1.82, 2.24) is 19.7 Å². The Bertz CT molecular complexity index is 1660. The maximum absolute atomic E-state index is 13.2. The molecule has 2 aromatic carbocycles. The van der Waals surface area contributed by atoms with E-state index in [1.165, 1.54) is 6.92 Å². The van der Waals surface area contributed by atoms with Crippen LogP contribution in [0.15, 0.2) is 79.1 Å². The van der Waals surface area contributed by atoms with Crippen LogP contribution in [0.2, 0.25) is 0 Å². The van der Waals surface area contributed by atoms with Gasteiger partial charge in [0.25, 0.3) is 0 Å². The van der Waals surface area contributed by atoms with Crippen molar-refractivity contribution < 1.29 is 4.79 Å². The summed E-state index contributed by atoms with van der Waals surface area (Å²) in [5.41, 5.74) is 6.68. The smallest absolute Gasteiger partial charge is 0.224 e. The van der Waals surface area contributed by atoms with E-state index in [0.29, 0.717) is 29.0 Å². The Morgan fingerprint density at radius 2 is 1.79 bits per heavy atom. The summed E-state index contributed by atoms with van der Waals surface area (Å²) in [5, 5.41) is 15.8. The molecular weight excluding hydrogens is 472 g/mol. The number of aryl methyl sites for hydroxylation is 1. The fourth-order valence-electron chi connectivity index (χ4n) is 4.73. The highest BCUT2D eigenvalue weighted by molar-refractivity contribution is 6.06. The largest absolute Gasteiger partial charge is 0.306 e. The molecule has 0 N–H and O–H groups in total. The van der Waals surface area contributed by atoms with Gasteiger partial charge in [-0.25, -0.2) is 4.98 Å². The van der Waals surface area contributed by atoms with Gasteiger partial charge in [-0.2, -0.15) is 10.4 Å². The summed E-state index contributed by atoms with van der Waals surface area (Å²) in [7, 11) is 0. The molecule has 0 saturated heterocycles. The molecule has 0 bridgehead atoms.